The molecule has 1 heterocycles. The molecule has 1 aromatic heterocycles. The van der Waals surface area contributed by atoms with Gasteiger partial charge >= 0.3 is 12.1 Å². The molecule has 0 amide bonds. The van der Waals surface area contributed by atoms with E-state index in [2.05, 4.69) is 9.97 Å². The second-order valence-electron chi connectivity index (χ2n) is 5.00. The van der Waals surface area contributed by atoms with Crippen LogP contribution in [-0.4, -0.2) is 34.6 Å². The van der Waals surface area contributed by atoms with Crippen LogP contribution in [0.1, 0.15) is 11.3 Å². The van der Waals surface area contributed by atoms with Crippen molar-refractivity contribution >= 4 is 11.9 Å². The fourth-order valence-electron chi connectivity index (χ4n) is 2.02. The Morgan fingerprint density at radius 3 is 2.48 bits per heavy atom. The van der Waals surface area contributed by atoms with Crippen molar-refractivity contribution in [1.29, 1.82) is 0 Å². The van der Waals surface area contributed by atoms with Gasteiger partial charge in [0.1, 0.15) is 6.54 Å². The molecule has 8 heteroatoms. The minimum absolute atomic E-state index is 0.0951. The summed E-state index contributed by atoms with van der Waals surface area (Å²) in [7, 11) is 1.32. The van der Waals surface area contributed by atoms with Gasteiger partial charge in [0.15, 0.2) is 5.69 Å². The fourth-order valence-corrected chi connectivity index (χ4v) is 2.02. The molecule has 0 saturated heterocycles. The van der Waals surface area contributed by atoms with Gasteiger partial charge in [-0.25, -0.2) is 9.97 Å². The number of aromatic nitrogens is 2. The molecule has 2 aromatic rings. The fraction of sp³-hybridized carbons (Fsp3) is 0.267. The van der Waals surface area contributed by atoms with E-state index in [-0.39, 0.29) is 11.6 Å². The highest BCUT2D eigenvalue weighted by molar-refractivity contribution is 5.73. The van der Waals surface area contributed by atoms with E-state index in [1.54, 1.807) is 31.2 Å². The highest BCUT2D eigenvalue weighted by Crippen LogP contribution is 2.32. The number of nitrogens with zero attached hydrogens (tertiary/aromatic N) is 3. The van der Waals surface area contributed by atoms with Crippen LogP contribution in [0.2, 0.25) is 0 Å². The summed E-state index contributed by atoms with van der Waals surface area (Å²) in [6, 6.07) is 7.73. The van der Waals surface area contributed by atoms with Gasteiger partial charge in [-0.1, -0.05) is 24.3 Å². The van der Waals surface area contributed by atoms with Crippen LogP contribution in [0.5, 0.6) is 0 Å². The van der Waals surface area contributed by atoms with Gasteiger partial charge in [-0.2, -0.15) is 13.2 Å². The van der Waals surface area contributed by atoms with E-state index in [1.807, 2.05) is 0 Å². The van der Waals surface area contributed by atoms with Crippen molar-refractivity contribution in [2.75, 3.05) is 18.5 Å². The molecule has 0 aliphatic rings. The van der Waals surface area contributed by atoms with Crippen LogP contribution in [0.3, 0.4) is 0 Å². The number of alkyl halides is 3. The van der Waals surface area contributed by atoms with E-state index in [0.29, 0.717) is 5.56 Å². The van der Waals surface area contributed by atoms with Crippen molar-refractivity contribution in [3.63, 3.8) is 0 Å². The summed E-state index contributed by atoms with van der Waals surface area (Å²) in [5.41, 5.74) is 0.271. The van der Waals surface area contributed by atoms with Gasteiger partial charge < -0.3 is 10.0 Å². The van der Waals surface area contributed by atoms with E-state index >= 15 is 0 Å². The summed E-state index contributed by atoms with van der Waals surface area (Å²) in [5.74, 6) is -1.48. The normalized spacial score (nSPS) is 11.3. The Hall–Kier alpha value is -2.64. The molecule has 23 heavy (non-hydrogen) atoms. The van der Waals surface area contributed by atoms with E-state index in [1.165, 1.54) is 7.05 Å². The first-order chi connectivity index (χ1) is 10.7. The lowest BCUT2D eigenvalue weighted by atomic mass is 10.1. The lowest BCUT2D eigenvalue weighted by molar-refractivity contribution is -0.141. The number of aliphatic carboxylic acids is 1. The standard InChI is InChI=1S/C15H14F3N3O2/c1-9-5-3-4-6-10(9)11-7-12(15(16,17)18)20-14(19-11)21(2)8-13(22)23/h3-7H,8H2,1-2H3,(H,22,23). The number of likely N-dealkylation sites (N-methyl/N-ethyl adjacent to an activating group) is 1. The summed E-state index contributed by atoms with van der Waals surface area (Å²) in [6.45, 7) is 1.25. The number of hydrogen-bond donors (Lipinski definition) is 1. The Labute approximate surface area is 130 Å². The maximum Gasteiger partial charge on any atom is 0.433 e. The Bertz CT molecular complexity index is 732. The number of halogens is 3. The van der Waals surface area contributed by atoms with Gasteiger partial charge in [-0.05, 0) is 18.6 Å². The molecule has 0 fully saturated rings. The highest BCUT2D eigenvalue weighted by Gasteiger charge is 2.34. The number of hydrogen-bond acceptors (Lipinski definition) is 4. The zero-order valence-corrected chi connectivity index (χ0v) is 12.4. The minimum Gasteiger partial charge on any atom is -0.480 e. The Kier molecular flexibility index (Phi) is 4.53. The molecule has 2 rings (SSSR count). The van der Waals surface area contributed by atoms with Crippen molar-refractivity contribution in [3.8, 4) is 11.3 Å². The highest BCUT2D eigenvalue weighted by atomic mass is 19.4. The largest absolute Gasteiger partial charge is 0.480 e. The van der Waals surface area contributed by atoms with Crippen molar-refractivity contribution < 1.29 is 23.1 Å². The van der Waals surface area contributed by atoms with Gasteiger partial charge in [-0.15, -0.1) is 0 Å². The molecular weight excluding hydrogens is 311 g/mol. The van der Waals surface area contributed by atoms with Crippen molar-refractivity contribution in [3.05, 3.63) is 41.6 Å². The summed E-state index contributed by atoms with van der Waals surface area (Å²) >= 11 is 0. The molecule has 0 saturated carbocycles. The maximum atomic E-state index is 13.1. The number of carboxylic acids is 1. The van der Waals surface area contributed by atoms with E-state index < -0.39 is 24.4 Å². The molecule has 1 N–H and O–H groups in total. The average molecular weight is 325 g/mol. The summed E-state index contributed by atoms with van der Waals surface area (Å²) in [5, 5.41) is 8.79. The van der Waals surface area contributed by atoms with Crippen LogP contribution >= 0.6 is 0 Å². The van der Waals surface area contributed by atoms with Gasteiger partial charge in [0.25, 0.3) is 0 Å². The lowest BCUT2D eigenvalue weighted by Crippen LogP contribution is -2.28. The number of carbonyl (C=O) groups is 1. The molecule has 0 atom stereocenters. The number of anilines is 1. The Balaban J connectivity index is 2.59. The molecule has 0 aliphatic heterocycles. The third kappa shape index (κ3) is 3.97. The van der Waals surface area contributed by atoms with E-state index in [0.717, 1.165) is 16.5 Å². The second-order valence-corrected chi connectivity index (χ2v) is 5.00. The van der Waals surface area contributed by atoms with Crippen LogP contribution < -0.4 is 4.90 Å². The van der Waals surface area contributed by atoms with Crippen molar-refractivity contribution in [2.24, 2.45) is 0 Å². The van der Waals surface area contributed by atoms with Crippen LogP contribution in [0.25, 0.3) is 11.3 Å². The van der Waals surface area contributed by atoms with Crippen molar-refractivity contribution in [1.82, 2.24) is 9.97 Å². The summed E-state index contributed by atoms with van der Waals surface area (Å²) in [4.78, 5) is 19.3. The molecular formula is C15H14F3N3O2. The van der Waals surface area contributed by atoms with Crippen LogP contribution in [0, 0.1) is 6.92 Å². The first-order valence-corrected chi connectivity index (χ1v) is 6.63. The second kappa shape index (κ2) is 6.23. The third-order valence-electron chi connectivity index (χ3n) is 3.14. The van der Waals surface area contributed by atoms with E-state index in [4.69, 9.17) is 5.11 Å². The molecule has 122 valence electrons. The Morgan fingerprint density at radius 1 is 1.26 bits per heavy atom. The number of rotatable bonds is 4. The zero-order valence-electron chi connectivity index (χ0n) is 12.4. The summed E-state index contributed by atoms with van der Waals surface area (Å²) < 4.78 is 39.2. The molecule has 5 nitrogen and oxygen atoms in total. The third-order valence-corrected chi connectivity index (χ3v) is 3.14. The van der Waals surface area contributed by atoms with Crippen molar-refractivity contribution in [2.45, 2.75) is 13.1 Å². The zero-order chi connectivity index (χ0) is 17.2. The topological polar surface area (TPSA) is 66.3 Å². The van der Waals surface area contributed by atoms with E-state index in [9.17, 15) is 18.0 Å². The molecule has 0 radical (unpaired) electrons. The number of aryl methyl sites for hydroxylation is 1. The monoisotopic (exact) mass is 325 g/mol. The lowest BCUT2D eigenvalue weighted by Gasteiger charge is -2.18. The van der Waals surface area contributed by atoms with Gasteiger partial charge in [0, 0.05) is 12.6 Å². The SMILES string of the molecule is Cc1ccccc1-c1cc(C(F)(F)F)nc(N(C)CC(=O)O)n1. The average Bonchev–Trinajstić information content (AvgIpc) is 2.45. The molecule has 0 spiro atoms. The van der Waals surface area contributed by atoms with Crippen LogP contribution in [0.4, 0.5) is 19.1 Å². The Morgan fingerprint density at radius 2 is 1.91 bits per heavy atom. The smallest absolute Gasteiger partial charge is 0.433 e. The molecule has 0 bridgehead atoms. The first-order valence-electron chi connectivity index (χ1n) is 6.63. The number of carboxylic acid groups (broad SMARTS) is 1. The minimum atomic E-state index is -4.65. The summed E-state index contributed by atoms with van der Waals surface area (Å²) in [6.07, 6.45) is -4.65. The number of benzene rings is 1. The van der Waals surface area contributed by atoms with Crippen LogP contribution in [0.15, 0.2) is 30.3 Å². The predicted octanol–water partition coefficient (Wildman–Crippen LogP) is 2.99. The molecule has 1 aromatic carbocycles. The molecule has 0 unspecified atom stereocenters. The maximum absolute atomic E-state index is 13.1. The van der Waals surface area contributed by atoms with Gasteiger partial charge in [-0.3, -0.25) is 4.79 Å². The molecule has 0 aliphatic carbocycles. The first kappa shape index (κ1) is 16.7. The van der Waals surface area contributed by atoms with Crippen LogP contribution in [-0.2, 0) is 11.0 Å². The van der Waals surface area contributed by atoms with Gasteiger partial charge in [0.05, 0.1) is 5.69 Å². The predicted molar refractivity (Wildman–Crippen MR) is 78.1 cm³/mol. The quantitative estimate of drug-likeness (QED) is 0.936. The van der Waals surface area contributed by atoms with Gasteiger partial charge in [0.2, 0.25) is 5.95 Å².